The number of fused-ring (bicyclic) bond motifs is 9. The predicted molar refractivity (Wildman–Crippen MR) is 196 cm³/mol. The van der Waals surface area contributed by atoms with Gasteiger partial charge >= 0.3 is 0 Å². The van der Waals surface area contributed by atoms with Crippen LogP contribution in [-0.4, -0.2) is 19.9 Å². The van der Waals surface area contributed by atoms with Crippen molar-refractivity contribution in [3.8, 4) is 11.1 Å². The van der Waals surface area contributed by atoms with E-state index < -0.39 is 0 Å². The fourth-order valence-electron chi connectivity index (χ4n) is 6.92. The van der Waals surface area contributed by atoms with Gasteiger partial charge in [0.15, 0.2) is 0 Å². The van der Waals surface area contributed by atoms with E-state index in [2.05, 4.69) is 130 Å². The number of aryl methyl sites for hydroxylation is 1. The van der Waals surface area contributed by atoms with Gasteiger partial charge in [0, 0.05) is 67.2 Å². The highest BCUT2D eigenvalue weighted by atomic mass is 32.1. The van der Waals surface area contributed by atoms with E-state index in [-0.39, 0.29) is 0 Å². The van der Waals surface area contributed by atoms with Crippen LogP contribution in [0.1, 0.15) is 12.5 Å². The number of thiophene rings is 1. The smallest absolute Gasteiger partial charge is 0.0888 e. The van der Waals surface area contributed by atoms with Crippen LogP contribution in [0.3, 0.4) is 0 Å². The van der Waals surface area contributed by atoms with Gasteiger partial charge in [0.1, 0.15) is 0 Å². The van der Waals surface area contributed by atoms with Crippen LogP contribution in [-0.2, 0) is 6.54 Å². The minimum absolute atomic E-state index is 0.436. The Bertz CT molecular complexity index is 2690. The van der Waals surface area contributed by atoms with Crippen LogP contribution in [0.15, 0.2) is 134 Å². The lowest BCUT2D eigenvalue weighted by atomic mass is 10.0. The Labute approximate surface area is 269 Å². The standard InChI is InChI=1S/C40H29N5S/c1-2-44-34-10-5-3-9-29(34)31-22-25(14-17-35(31)44)26-13-16-30-28-8-4-6-11-36(28)45(37(30)24-26)43-21-19-33(41)27-15-18-38-32(23-27)40-39(46-38)12-7-20-42-40/h3-24,41,43H,2H2,1H3/b21-19-,41-33?. The summed E-state index contributed by atoms with van der Waals surface area (Å²) in [6.45, 7) is 3.14. The van der Waals surface area contributed by atoms with Crippen molar-refractivity contribution in [1.29, 1.82) is 5.41 Å². The fourth-order valence-corrected chi connectivity index (χ4v) is 7.96. The van der Waals surface area contributed by atoms with Gasteiger partial charge in [0.2, 0.25) is 0 Å². The highest BCUT2D eigenvalue weighted by Crippen LogP contribution is 2.36. The molecule has 0 saturated carbocycles. The van der Waals surface area contributed by atoms with Gasteiger partial charge in [-0.05, 0) is 78.7 Å². The molecule has 0 saturated heterocycles. The van der Waals surface area contributed by atoms with E-state index in [9.17, 15) is 0 Å². The summed E-state index contributed by atoms with van der Waals surface area (Å²) in [5.41, 5.74) is 12.9. The zero-order valence-corrected chi connectivity index (χ0v) is 26.0. The molecule has 2 N–H and O–H groups in total. The van der Waals surface area contributed by atoms with Gasteiger partial charge in [-0.15, -0.1) is 11.3 Å². The number of pyridine rings is 1. The average molecular weight is 612 g/mol. The molecule has 4 heterocycles. The van der Waals surface area contributed by atoms with Crippen LogP contribution in [0.2, 0.25) is 0 Å². The Kier molecular flexibility index (Phi) is 6.05. The Morgan fingerprint density at radius 2 is 1.43 bits per heavy atom. The maximum absolute atomic E-state index is 8.85. The molecule has 0 spiro atoms. The van der Waals surface area contributed by atoms with Crippen LogP contribution in [0.4, 0.5) is 0 Å². The minimum atomic E-state index is 0.436. The third kappa shape index (κ3) is 4.07. The molecule has 5 aromatic carbocycles. The van der Waals surface area contributed by atoms with E-state index >= 15 is 0 Å². The highest BCUT2D eigenvalue weighted by Gasteiger charge is 2.14. The molecule has 0 amide bonds. The minimum Gasteiger partial charge on any atom is -0.341 e. The average Bonchev–Trinajstić information content (AvgIpc) is 3.75. The van der Waals surface area contributed by atoms with Crippen molar-refractivity contribution in [2.75, 3.05) is 5.43 Å². The first-order valence-electron chi connectivity index (χ1n) is 15.5. The third-order valence-electron chi connectivity index (χ3n) is 9.09. The molecule has 0 aliphatic rings. The Hall–Kier alpha value is -5.72. The number of rotatable bonds is 6. The zero-order valence-electron chi connectivity index (χ0n) is 25.2. The summed E-state index contributed by atoms with van der Waals surface area (Å²) >= 11 is 1.73. The molecule has 9 aromatic rings. The molecule has 0 fully saturated rings. The molecular weight excluding hydrogens is 583 g/mol. The van der Waals surface area contributed by atoms with E-state index in [0.29, 0.717) is 5.71 Å². The molecule has 220 valence electrons. The van der Waals surface area contributed by atoms with Crippen molar-refractivity contribution >= 4 is 81.0 Å². The Balaban J connectivity index is 1.10. The van der Waals surface area contributed by atoms with Gasteiger partial charge in [-0.25, -0.2) is 0 Å². The second-order valence-electron chi connectivity index (χ2n) is 11.6. The van der Waals surface area contributed by atoms with Gasteiger partial charge in [-0.3, -0.25) is 9.66 Å². The maximum Gasteiger partial charge on any atom is 0.0888 e. The van der Waals surface area contributed by atoms with Crippen molar-refractivity contribution in [2.24, 2.45) is 0 Å². The zero-order chi connectivity index (χ0) is 30.8. The summed E-state index contributed by atoms with van der Waals surface area (Å²) in [5, 5.41) is 14.9. The normalized spacial score (nSPS) is 12.1. The van der Waals surface area contributed by atoms with Crippen molar-refractivity contribution in [3.63, 3.8) is 0 Å². The van der Waals surface area contributed by atoms with Crippen LogP contribution >= 0.6 is 11.3 Å². The van der Waals surface area contributed by atoms with E-state index in [1.165, 1.54) is 42.8 Å². The second-order valence-corrected chi connectivity index (χ2v) is 12.7. The van der Waals surface area contributed by atoms with Crippen molar-refractivity contribution < 1.29 is 0 Å². The molecule has 0 radical (unpaired) electrons. The topological polar surface area (TPSA) is 58.6 Å². The van der Waals surface area contributed by atoms with Crippen molar-refractivity contribution in [3.05, 3.63) is 139 Å². The number of aromatic nitrogens is 3. The number of benzene rings is 5. The van der Waals surface area contributed by atoms with Gasteiger partial charge < -0.3 is 15.4 Å². The van der Waals surface area contributed by atoms with E-state index in [4.69, 9.17) is 5.41 Å². The second kappa shape index (κ2) is 10.4. The molecule has 5 nitrogen and oxygen atoms in total. The fraction of sp³-hybridized carbons (Fsp3) is 0.0500. The van der Waals surface area contributed by atoms with E-state index in [1.807, 2.05) is 30.6 Å². The lowest BCUT2D eigenvalue weighted by Crippen LogP contribution is -2.08. The molecule has 6 heteroatoms. The summed E-state index contributed by atoms with van der Waals surface area (Å²) < 4.78 is 6.86. The third-order valence-corrected chi connectivity index (χ3v) is 10.2. The van der Waals surface area contributed by atoms with E-state index in [0.717, 1.165) is 44.3 Å². The van der Waals surface area contributed by atoms with Gasteiger partial charge in [-0.2, -0.15) is 0 Å². The monoisotopic (exact) mass is 611 g/mol. The maximum atomic E-state index is 8.85. The molecule has 0 unspecified atom stereocenters. The Morgan fingerprint density at radius 3 is 2.30 bits per heavy atom. The number of hydrogen-bond donors (Lipinski definition) is 2. The summed E-state index contributed by atoms with van der Waals surface area (Å²) in [6, 6.07) is 40.9. The molecule has 9 rings (SSSR count). The van der Waals surface area contributed by atoms with E-state index in [1.54, 1.807) is 11.3 Å². The first-order chi connectivity index (χ1) is 22.7. The van der Waals surface area contributed by atoms with Gasteiger partial charge in [0.05, 0.1) is 27.0 Å². The van der Waals surface area contributed by atoms with Gasteiger partial charge in [-0.1, -0.05) is 60.7 Å². The molecule has 0 aliphatic heterocycles. The van der Waals surface area contributed by atoms with Crippen LogP contribution < -0.4 is 5.43 Å². The quantitative estimate of drug-likeness (QED) is 0.184. The summed E-state index contributed by atoms with van der Waals surface area (Å²) in [4.78, 5) is 4.59. The van der Waals surface area contributed by atoms with Crippen LogP contribution in [0, 0.1) is 5.41 Å². The molecule has 0 atom stereocenters. The molecule has 46 heavy (non-hydrogen) atoms. The number of nitrogens with zero attached hydrogens (tertiary/aromatic N) is 3. The Morgan fingerprint density at radius 1 is 0.696 bits per heavy atom. The summed E-state index contributed by atoms with van der Waals surface area (Å²) in [5.74, 6) is 0. The van der Waals surface area contributed by atoms with Crippen molar-refractivity contribution in [2.45, 2.75) is 13.5 Å². The predicted octanol–water partition coefficient (Wildman–Crippen LogP) is 10.5. The molecule has 0 bridgehead atoms. The lowest BCUT2D eigenvalue weighted by Gasteiger charge is -2.09. The first-order valence-corrected chi connectivity index (χ1v) is 16.3. The SMILES string of the molecule is CCn1c2ccccc2c2cc(-c3ccc4c5ccccc5n(N/C=C\C(=N)c5ccc6sc7cccnc7c6c5)c4c3)ccc21. The first kappa shape index (κ1) is 26.7. The number of allylic oxidation sites excluding steroid dienone is 1. The highest BCUT2D eigenvalue weighted by molar-refractivity contribution is 7.25. The number of para-hydroxylation sites is 2. The van der Waals surface area contributed by atoms with Crippen molar-refractivity contribution in [1.82, 2.24) is 14.2 Å². The van der Waals surface area contributed by atoms with Gasteiger partial charge in [0.25, 0.3) is 0 Å². The number of hydrogen-bond acceptors (Lipinski definition) is 4. The lowest BCUT2D eigenvalue weighted by molar-refractivity contribution is 0.827. The molecular formula is C40H29N5S. The largest absolute Gasteiger partial charge is 0.341 e. The van der Waals surface area contributed by atoms with Crippen LogP contribution in [0.25, 0.3) is 75.0 Å². The molecule has 0 aliphatic carbocycles. The summed E-state index contributed by atoms with van der Waals surface area (Å²) in [6.07, 6.45) is 5.52. The van der Waals surface area contributed by atoms with Crippen LogP contribution in [0.5, 0.6) is 0 Å². The number of nitrogens with one attached hydrogen (secondary N) is 2. The molecule has 4 aromatic heterocycles. The summed E-state index contributed by atoms with van der Waals surface area (Å²) in [7, 11) is 0.